The second-order valence-corrected chi connectivity index (χ2v) is 4.41. The Morgan fingerprint density at radius 1 is 1.56 bits per heavy atom. The second kappa shape index (κ2) is 4.90. The molecule has 1 aromatic rings. The van der Waals surface area contributed by atoms with Crippen LogP contribution in [0.25, 0.3) is 0 Å². The summed E-state index contributed by atoms with van der Waals surface area (Å²) in [6, 6.07) is 1.21. The highest BCUT2D eigenvalue weighted by atomic mass is 32.1. The number of carbonyl (C=O) groups is 1. The average Bonchev–Trinajstić information content (AvgIpc) is 2.71. The summed E-state index contributed by atoms with van der Waals surface area (Å²) >= 11 is 1.06. The molecule has 1 saturated heterocycles. The molecule has 0 radical (unpaired) electrons. The van der Waals surface area contributed by atoms with Crippen LogP contribution in [0, 0.1) is 5.82 Å². The van der Waals surface area contributed by atoms with Crippen molar-refractivity contribution in [2.24, 2.45) is 0 Å². The van der Waals surface area contributed by atoms with E-state index in [1.807, 2.05) is 0 Å². The first-order valence-corrected chi connectivity index (χ1v) is 5.78. The zero-order chi connectivity index (χ0) is 11.5. The van der Waals surface area contributed by atoms with Crippen LogP contribution < -0.4 is 5.32 Å². The SMILES string of the molecule is CNC(=O)c1cc(F)c(C2OCCCO2)s1. The summed E-state index contributed by atoms with van der Waals surface area (Å²) in [6.45, 7) is 1.11. The number of halogens is 1. The summed E-state index contributed by atoms with van der Waals surface area (Å²) < 4.78 is 24.1. The van der Waals surface area contributed by atoms with Crippen LogP contribution in [0.4, 0.5) is 4.39 Å². The Morgan fingerprint density at radius 3 is 2.88 bits per heavy atom. The van der Waals surface area contributed by atoms with E-state index in [-0.39, 0.29) is 5.91 Å². The molecule has 0 saturated carbocycles. The van der Waals surface area contributed by atoms with Crippen LogP contribution >= 0.6 is 11.3 Å². The number of nitrogens with one attached hydrogen (secondary N) is 1. The summed E-state index contributed by atoms with van der Waals surface area (Å²) in [6.07, 6.45) is 0.142. The molecule has 0 unspecified atom stereocenters. The van der Waals surface area contributed by atoms with E-state index in [1.165, 1.54) is 13.1 Å². The number of hydrogen-bond donors (Lipinski definition) is 1. The van der Waals surface area contributed by atoms with Crippen molar-refractivity contribution in [2.45, 2.75) is 12.7 Å². The van der Waals surface area contributed by atoms with Gasteiger partial charge in [0.15, 0.2) is 6.29 Å². The van der Waals surface area contributed by atoms with Crippen molar-refractivity contribution in [3.8, 4) is 0 Å². The third-order valence-electron chi connectivity index (χ3n) is 2.21. The Bertz CT molecular complexity index is 387. The van der Waals surface area contributed by atoms with Gasteiger partial charge in [0.25, 0.3) is 5.91 Å². The first-order valence-electron chi connectivity index (χ1n) is 4.97. The number of ether oxygens (including phenoxy) is 2. The molecule has 88 valence electrons. The van der Waals surface area contributed by atoms with Gasteiger partial charge in [-0.1, -0.05) is 0 Å². The van der Waals surface area contributed by atoms with Crippen molar-refractivity contribution in [1.29, 1.82) is 0 Å². The van der Waals surface area contributed by atoms with Crippen molar-refractivity contribution in [3.63, 3.8) is 0 Å². The van der Waals surface area contributed by atoms with Crippen molar-refractivity contribution in [2.75, 3.05) is 20.3 Å². The van der Waals surface area contributed by atoms with Gasteiger partial charge in [-0.05, 0) is 12.5 Å². The normalized spacial score (nSPS) is 17.4. The molecule has 0 atom stereocenters. The van der Waals surface area contributed by atoms with Crippen LogP contribution in [-0.4, -0.2) is 26.2 Å². The number of hydrogen-bond acceptors (Lipinski definition) is 4. The van der Waals surface area contributed by atoms with E-state index in [9.17, 15) is 9.18 Å². The quantitative estimate of drug-likeness (QED) is 0.862. The van der Waals surface area contributed by atoms with Crippen molar-refractivity contribution < 1.29 is 18.7 Å². The Hall–Kier alpha value is -0.980. The molecule has 1 aliphatic heterocycles. The molecule has 1 aliphatic rings. The molecule has 1 aromatic heterocycles. The van der Waals surface area contributed by atoms with Gasteiger partial charge in [-0.15, -0.1) is 11.3 Å². The third-order valence-corrected chi connectivity index (χ3v) is 3.34. The highest BCUT2D eigenvalue weighted by Crippen LogP contribution is 2.32. The van der Waals surface area contributed by atoms with Gasteiger partial charge in [0.2, 0.25) is 0 Å². The van der Waals surface area contributed by atoms with Crippen LogP contribution in [0.1, 0.15) is 27.3 Å². The van der Waals surface area contributed by atoms with Crippen LogP contribution in [0.15, 0.2) is 6.07 Å². The van der Waals surface area contributed by atoms with Gasteiger partial charge < -0.3 is 14.8 Å². The van der Waals surface area contributed by atoms with E-state index in [2.05, 4.69) is 5.32 Å². The van der Waals surface area contributed by atoms with E-state index >= 15 is 0 Å². The Kier molecular flexibility index (Phi) is 3.52. The smallest absolute Gasteiger partial charge is 0.261 e. The highest BCUT2D eigenvalue weighted by Gasteiger charge is 2.24. The molecule has 0 spiro atoms. The molecule has 1 N–H and O–H groups in total. The van der Waals surface area contributed by atoms with Crippen molar-refractivity contribution in [1.82, 2.24) is 5.32 Å². The molecule has 0 aliphatic carbocycles. The molecule has 2 rings (SSSR count). The monoisotopic (exact) mass is 245 g/mol. The Balaban J connectivity index is 2.20. The number of amides is 1. The molecule has 1 fully saturated rings. The summed E-state index contributed by atoms with van der Waals surface area (Å²) in [7, 11) is 1.51. The van der Waals surface area contributed by atoms with Gasteiger partial charge in [0.05, 0.1) is 23.0 Å². The van der Waals surface area contributed by atoms with Crippen molar-refractivity contribution >= 4 is 17.2 Å². The van der Waals surface area contributed by atoms with E-state index in [0.717, 1.165) is 17.8 Å². The lowest BCUT2D eigenvalue weighted by atomic mass is 10.3. The van der Waals surface area contributed by atoms with Gasteiger partial charge in [-0.25, -0.2) is 4.39 Å². The van der Waals surface area contributed by atoms with Gasteiger partial charge in [0.1, 0.15) is 5.82 Å². The third kappa shape index (κ3) is 2.23. The minimum absolute atomic E-state index is 0.300. The topological polar surface area (TPSA) is 47.6 Å². The summed E-state index contributed by atoms with van der Waals surface area (Å²) in [5, 5.41) is 2.45. The first kappa shape index (κ1) is 11.5. The first-order chi connectivity index (χ1) is 7.72. The van der Waals surface area contributed by atoms with Crippen LogP contribution in [0.3, 0.4) is 0 Å². The van der Waals surface area contributed by atoms with E-state index in [4.69, 9.17) is 9.47 Å². The van der Waals surface area contributed by atoms with Gasteiger partial charge in [-0.2, -0.15) is 0 Å². The highest BCUT2D eigenvalue weighted by molar-refractivity contribution is 7.14. The van der Waals surface area contributed by atoms with Gasteiger partial charge >= 0.3 is 0 Å². The minimum atomic E-state index is -0.669. The number of rotatable bonds is 2. The summed E-state index contributed by atoms with van der Waals surface area (Å²) in [4.78, 5) is 12.0. The molecule has 0 bridgehead atoms. The van der Waals surface area contributed by atoms with E-state index in [0.29, 0.717) is 23.0 Å². The second-order valence-electron chi connectivity index (χ2n) is 3.33. The van der Waals surface area contributed by atoms with Gasteiger partial charge in [-0.3, -0.25) is 4.79 Å². The zero-order valence-electron chi connectivity index (χ0n) is 8.79. The van der Waals surface area contributed by atoms with Crippen LogP contribution in [0.2, 0.25) is 0 Å². The average molecular weight is 245 g/mol. The lowest BCUT2D eigenvalue weighted by molar-refractivity contribution is -0.182. The maximum absolute atomic E-state index is 13.6. The molecule has 2 heterocycles. The molecular formula is C10H12FNO3S. The van der Waals surface area contributed by atoms with E-state index < -0.39 is 12.1 Å². The Morgan fingerprint density at radius 2 is 2.25 bits per heavy atom. The fourth-order valence-corrected chi connectivity index (χ4v) is 2.40. The van der Waals surface area contributed by atoms with Gasteiger partial charge in [0, 0.05) is 7.05 Å². The molecule has 0 aromatic carbocycles. The predicted octanol–water partition coefficient (Wildman–Crippen LogP) is 1.68. The molecule has 1 amide bonds. The predicted molar refractivity (Wildman–Crippen MR) is 56.9 cm³/mol. The maximum atomic E-state index is 13.6. The summed E-state index contributed by atoms with van der Waals surface area (Å²) in [5.74, 6) is -0.749. The summed E-state index contributed by atoms with van der Waals surface area (Å²) in [5.41, 5.74) is 0. The standard InChI is InChI=1S/C10H12FNO3S/c1-12-9(13)7-5-6(11)8(16-7)10-14-3-2-4-15-10/h5,10H,2-4H2,1H3,(H,12,13). The number of thiophene rings is 1. The van der Waals surface area contributed by atoms with Crippen molar-refractivity contribution in [3.05, 3.63) is 21.6 Å². The van der Waals surface area contributed by atoms with Crippen LogP contribution in [0.5, 0.6) is 0 Å². The fourth-order valence-electron chi connectivity index (χ4n) is 1.42. The Labute approximate surface area is 96.4 Å². The van der Waals surface area contributed by atoms with E-state index in [1.54, 1.807) is 0 Å². The molecular weight excluding hydrogens is 233 g/mol. The molecule has 4 nitrogen and oxygen atoms in total. The fraction of sp³-hybridized carbons (Fsp3) is 0.500. The maximum Gasteiger partial charge on any atom is 0.261 e. The largest absolute Gasteiger partial charge is 0.354 e. The minimum Gasteiger partial charge on any atom is -0.354 e. The molecule has 16 heavy (non-hydrogen) atoms. The number of carbonyl (C=O) groups excluding carboxylic acids is 1. The zero-order valence-corrected chi connectivity index (χ0v) is 9.60. The molecule has 6 heteroatoms. The lowest BCUT2D eigenvalue weighted by Gasteiger charge is -2.21. The lowest BCUT2D eigenvalue weighted by Crippen LogP contribution is -2.17. The van der Waals surface area contributed by atoms with Crippen LogP contribution in [-0.2, 0) is 9.47 Å².